The highest BCUT2D eigenvalue weighted by atomic mass is 16.6. The van der Waals surface area contributed by atoms with E-state index in [1.165, 1.54) is 6.92 Å². The zero-order valence-corrected chi connectivity index (χ0v) is 11.6. The van der Waals surface area contributed by atoms with Gasteiger partial charge in [-0.25, -0.2) is 9.79 Å². The van der Waals surface area contributed by atoms with Crippen LogP contribution >= 0.6 is 0 Å². The number of cyclic esters (lactones) is 1. The summed E-state index contributed by atoms with van der Waals surface area (Å²) in [7, 11) is 0. The fraction of sp³-hybridized carbons (Fsp3) is 0.267. The van der Waals surface area contributed by atoms with E-state index < -0.39 is 5.97 Å². The third-order valence-electron chi connectivity index (χ3n) is 2.75. The molecule has 0 atom stereocenters. The molecule has 1 aliphatic rings. The molecule has 0 bridgehead atoms. The van der Waals surface area contributed by atoms with Crippen LogP contribution in [0.2, 0.25) is 0 Å². The molecule has 0 unspecified atom stereocenters. The van der Waals surface area contributed by atoms with Crippen LogP contribution in [0, 0.1) is 0 Å². The summed E-state index contributed by atoms with van der Waals surface area (Å²) in [5.41, 5.74) is 1.97. The Morgan fingerprint density at radius 1 is 1.45 bits per heavy atom. The second kappa shape index (κ2) is 5.69. The highest BCUT2D eigenvalue weighted by molar-refractivity contribution is 6.06. The van der Waals surface area contributed by atoms with Crippen LogP contribution in [0.5, 0.6) is 5.75 Å². The van der Waals surface area contributed by atoms with Crippen molar-refractivity contribution in [2.45, 2.75) is 27.2 Å². The molecule has 1 aliphatic heterocycles. The molecular formula is C15H15NO4. The first-order chi connectivity index (χ1) is 9.49. The number of nitrogens with zero attached hydrogens (tertiary/aromatic N) is 1. The Bertz CT molecular complexity index is 629. The molecule has 0 aromatic heterocycles. The molecule has 2 rings (SSSR count). The predicted molar refractivity (Wildman–Crippen MR) is 74.3 cm³/mol. The molecule has 0 spiro atoms. The molecule has 1 aromatic rings. The van der Waals surface area contributed by atoms with E-state index in [-0.39, 0.29) is 11.7 Å². The van der Waals surface area contributed by atoms with Gasteiger partial charge in [-0.15, -0.1) is 0 Å². The summed E-state index contributed by atoms with van der Waals surface area (Å²) in [5, 5.41) is 0. The Balaban J connectivity index is 2.33. The lowest BCUT2D eigenvalue weighted by atomic mass is 10.1. The van der Waals surface area contributed by atoms with Crippen LogP contribution < -0.4 is 4.74 Å². The minimum atomic E-state index is -0.454. The molecular weight excluding hydrogens is 258 g/mol. The van der Waals surface area contributed by atoms with Crippen molar-refractivity contribution in [2.75, 3.05) is 0 Å². The lowest BCUT2D eigenvalue weighted by molar-refractivity contribution is -0.132. The number of aryl methyl sites for hydroxylation is 1. The third-order valence-corrected chi connectivity index (χ3v) is 2.75. The number of carbonyl (C=O) groups is 2. The number of aliphatic imine (C=N–C) groups is 1. The summed E-state index contributed by atoms with van der Waals surface area (Å²) in [4.78, 5) is 26.5. The molecule has 0 saturated carbocycles. The summed E-state index contributed by atoms with van der Waals surface area (Å²) in [6.07, 6.45) is 2.36. The van der Waals surface area contributed by atoms with Gasteiger partial charge in [0.25, 0.3) is 0 Å². The summed E-state index contributed by atoms with van der Waals surface area (Å²) < 4.78 is 9.97. The molecule has 0 amide bonds. The highest BCUT2D eigenvalue weighted by Crippen LogP contribution is 2.23. The predicted octanol–water partition coefficient (Wildman–Crippen LogP) is 2.49. The van der Waals surface area contributed by atoms with Gasteiger partial charge in [0.05, 0.1) is 0 Å². The molecule has 1 heterocycles. The van der Waals surface area contributed by atoms with E-state index in [4.69, 9.17) is 9.47 Å². The van der Waals surface area contributed by atoms with Gasteiger partial charge in [-0.1, -0.05) is 13.0 Å². The zero-order chi connectivity index (χ0) is 14.7. The second-order valence-electron chi connectivity index (χ2n) is 4.36. The third kappa shape index (κ3) is 3.12. The van der Waals surface area contributed by atoms with Gasteiger partial charge in [0, 0.05) is 13.8 Å². The van der Waals surface area contributed by atoms with Crippen molar-refractivity contribution in [3.63, 3.8) is 0 Å². The number of ether oxygens (including phenoxy) is 2. The first kappa shape index (κ1) is 14.0. The highest BCUT2D eigenvalue weighted by Gasteiger charge is 2.19. The van der Waals surface area contributed by atoms with Crippen molar-refractivity contribution in [3.8, 4) is 5.75 Å². The van der Waals surface area contributed by atoms with E-state index in [2.05, 4.69) is 4.99 Å². The minimum absolute atomic E-state index is 0.268. The zero-order valence-electron chi connectivity index (χ0n) is 11.6. The van der Waals surface area contributed by atoms with E-state index in [0.29, 0.717) is 18.1 Å². The average molecular weight is 273 g/mol. The normalized spacial score (nSPS) is 16.1. The SMILES string of the molecule is CCc1cc(C=C2N=C(C)OC2=O)ccc1OC(C)=O. The van der Waals surface area contributed by atoms with Crippen LogP contribution in [0.3, 0.4) is 0 Å². The number of hydrogen-bond donors (Lipinski definition) is 0. The lowest BCUT2D eigenvalue weighted by Crippen LogP contribution is -2.04. The van der Waals surface area contributed by atoms with Crippen molar-refractivity contribution < 1.29 is 19.1 Å². The standard InChI is InChI=1S/C15H15NO4/c1-4-12-7-11(5-6-14(12)20-10(3)17)8-13-15(18)19-9(2)16-13/h5-8H,4H2,1-3H3. The maximum atomic E-state index is 11.5. The van der Waals surface area contributed by atoms with E-state index in [1.54, 1.807) is 25.1 Å². The summed E-state index contributed by atoms with van der Waals surface area (Å²) in [6.45, 7) is 4.95. The molecule has 1 aromatic carbocycles. The molecule has 20 heavy (non-hydrogen) atoms. The molecule has 104 valence electrons. The smallest absolute Gasteiger partial charge is 0.363 e. The van der Waals surface area contributed by atoms with Crippen LogP contribution in [0.15, 0.2) is 28.9 Å². The molecule has 0 N–H and O–H groups in total. The van der Waals surface area contributed by atoms with Gasteiger partial charge in [0.1, 0.15) is 5.75 Å². The van der Waals surface area contributed by atoms with Gasteiger partial charge in [-0.05, 0) is 35.8 Å². The number of hydrogen-bond acceptors (Lipinski definition) is 5. The molecule has 0 saturated heterocycles. The van der Waals surface area contributed by atoms with E-state index in [0.717, 1.165) is 11.1 Å². The van der Waals surface area contributed by atoms with Crippen LogP contribution in [-0.2, 0) is 20.7 Å². The quantitative estimate of drug-likeness (QED) is 0.482. The fourth-order valence-corrected chi connectivity index (χ4v) is 1.89. The fourth-order valence-electron chi connectivity index (χ4n) is 1.89. The summed E-state index contributed by atoms with van der Waals surface area (Å²) in [5.74, 6) is 0.0688. The molecule has 5 heteroatoms. The van der Waals surface area contributed by atoms with Crippen molar-refractivity contribution in [3.05, 3.63) is 35.0 Å². The van der Waals surface area contributed by atoms with Crippen LogP contribution in [0.25, 0.3) is 6.08 Å². The first-order valence-electron chi connectivity index (χ1n) is 6.30. The van der Waals surface area contributed by atoms with E-state index >= 15 is 0 Å². The Kier molecular flexibility index (Phi) is 3.98. The van der Waals surface area contributed by atoms with Crippen molar-refractivity contribution in [1.82, 2.24) is 0 Å². The van der Waals surface area contributed by atoms with Gasteiger partial charge in [0.15, 0.2) is 11.6 Å². The van der Waals surface area contributed by atoms with E-state index in [1.807, 2.05) is 13.0 Å². The number of benzene rings is 1. The summed E-state index contributed by atoms with van der Waals surface area (Å²) in [6, 6.07) is 5.34. The Morgan fingerprint density at radius 3 is 2.75 bits per heavy atom. The Labute approximate surface area is 116 Å². The first-order valence-corrected chi connectivity index (χ1v) is 6.30. The average Bonchev–Trinajstić information content (AvgIpc) is 2.69. The van der Waals surface area contributed by atoms with Crippen LogP contribution in [0.4, 0.5) is 0 Å². The van der Waals surface area contributed by atoms with Gasteiger partial charge in [-0.2, -0.15) is 0 Å². The number of carbonyl (C=O) groups excluding carboxylic acids is 2. The number of rotatable bonds is 3. The molecule has 0 radical (unpaired) electrons. The van der Waals surface area contributed by atoms with Crippen LogP contribution in [-0.4, -0.2) is 17.8 Å². The van der Waals surface area contributed by atoms with Gasteiger partial charge in [-0.3, -0.25) is 4.79 Å². The molecule has 0 aliphatic carbocycles. The number of esters is 2. The molecule has 5 nitrogen and oxygen atoms in total. The molecule has 0 fully saturated rings. The van der Waals surface area contributed by atoms with Crippen molar-refractivity contribution in [2.24, 2.45) is 4.99 Å². The monoisotopic (exact) mass is 273 g/mol. The maximum Gasteiger partial charge on any atom is 0.363 e. The largest absolute Gasteiger partial charge is 0.426 e. The second-order valence-corrected chi connectivity index (χ2v) is 4.36. The van der Waals surface area contributed by atoms with E-state index in [9.17, 15) is 9.59 Å². The summed E-state index contributed by atoms with van der Waals surface area (Å²) >= 11 is 0. The van der Waals surface area contributed by atoms with Gasteiger partial charge in [0.2, 0.25) is 0 Å². The minimum Gasteiger partial charge on any atom is -0.426 e. The topological polar surface area (TPSA) is 65.0 Å². The Hall–Kier alpha value is -2.43. The van der Waals surface area contributed by atoms with Crippen molar-refractivity contribution >= 4 is 23.9 Å². The van der Waals surface area contributed by atoms with Crippen LogP contribution in [0.1, 0.15) is 31.9 Å². The van der Waals surface area contributed by atoms with Gasteiger partial charge < -0.3 is 9.47 Å². The maximum absolute atomic E-state index is 11.5. The van der Waals surface area contributed by atoms with Gasteiger partial charge >= 0.3 is 11.9 Å². The Morgan fingerprint density at radius 2 is 2.20 bits per heavy atom. The van der Waals surface area contributed by atoms with Crippen molar-refractivity contribution in [1.29, 1.82) is 0 Å². The lowest BCUT2D eigenvalue weighted by Gasteiger charge is -2.08.